The fourth-order valence-electron chi connectivity index (χ4n) is 1.29. The zero-order chi connectivity index (χ0) is 12.3. The van der Waals surface area contributed by atoms with Gasteiger partial charge in [-0.1, -0.05) is 32.4 Å². The van der Waals surface area contributed by atoms with Gasteiger partial charge in [0.25, 0.3) is 0 Å². The molecule has 1 aromatic carbocycles. The van der Waals surface area contributed by atoms with Crippen molar-refractivity contribution in [3.05, 3.63) is 28.8 Å². The Morgan fingerprint density at radius 1 is 1.38 bits per heavy atom. The van der Waals surface area contributed by atoms with Crippen LogP contribution in [0.2, 0.25) is 5.02 Å². The minimum Gasteiger partial charge on any atom is -0.399 e. The van der Waals surface area contributed by atoms with Crippen molar-refractivity contribution in [1.82, 2.24) is 0 Å². The summed E-state index contributed by atoms with van der Waals surface area (Å²) in [7, 11) is -0.904. The standard InChI is InChI=1S/C12H18ClNOS/c1-8(2)9(3)16(15)7-10-6-11(14)4-5-12(10)13/h4-6,8-9H,7,14H2,1-3H3. The van der Waals surface area contributed by atoms with Crippen molar-refractivity contribution in [3.63, 3.8) is 0 Å². The van der Waals surface area contributed by atoms with E-state index >= 15 is 0 Å². The van der Waals surface area contributed by atoms with Crippen molar-refractivity contribution in [1.29, 1.82) is 0 Å². The summed E-state index contributed by atoms with van der Waals surface area (Å²) >= 11 is 6.03. The van der Waals surface area contributed by atoms with E-state index < -0.39 is 10.8 Å². The number of rotatable bonds is 4. The van der Waals surface area contributed by atoms with E-state index in [4.69, 9.17) is 17.3 Å². The minimum absolute atomic E-state index is 0.164. The van der Waals surface area contributed by atoms with Gasteiger partial charge in [-0.2, -0.15) is 0 Å². The molecule has 0 spiro atoms. The number of hydrogen-bond acceptors (Lipinski definition) is 2. The molecule has 90 valence electrons. The van der Waals surface area contributed by atoms with Gasteiger partial charge in [-0.05, 0) is 29.7 Å². The first-order valence-corrected chi connectivity index (χ1v) is 7.09. The molecule has 0 radical (unpaired) electrons. The molecular formula is C12H18ClNOS. The highest BCUT2D eigenvalue weighted by atomic mass is 35.5. The number of halogens is 1. The number of hydrogen-bond donors (Lipinski definition) is 1. The summed E-state index contributed by atoms with van der Waals surface area (Å²) in [5.41, 5.74) is 7.21. The summed E-state index contributed by atoms with van der Waals surface area (Å²) in [5, 5.41) is 0.802. The van der Waals surface area contributed by atoms with Gasteiger partial charge in [0.2, 0.25) is 0 Å². The molecule has 2 N–H and O–H groups in total. The van der Waals surface area contributed by atoms with E-state index in [9.17, 15) is 4.21 Å². The predicted molar refractivity (Wildman–Crippen MR) is 72.0 cm³/mol. The molecule has 0 aliphatic rings. The lowest BCUT2D eigenvalue weighted by Gasteiger charge is -2.15. The summed E-state index contributed by atoms with van der Waals surface area (Å²) in [5.74, 6) is 0.879. The fourth-order valence-corrected chi connectivity index (χ4v) is 2.97. The number of nitrogens with two attached hydrogens (primary N) is 1. The molecular weight excluding hydrogens is 242 g/mol. The average molecular weight is 260 g/mol. The normalized spacial score (nSPS) is 15.1. The second kappa shape index (κ2) is 5.69. The molecule has 16 heavy (non-hydrogen) atoms. The van der Waals surface area contributed by atoms with Crippen molar-refractivity contribution in [2.24, 2.45) is 5.92 Å². The van der Waals surface area contributed by atoms with Gasteiger partial charge < -0.3 is 5.73 Å². The third-order valence-corrected chi connectivity index (χ3v) is 5.06. The number of anilines is 1. The summed E-state index contributed by atoms with van der Waals surface area (Å²) in [6.07, 6.45) is 0. The van der Waals surface area contributed by atoms with Crippen LogP contribution >= 0.6 is 11.6 Å². The van der Waals surface area contributed by atoms with Gasteiger partial charge in [0.15, 0.2) is 0 Å². The third kappa shape index (κ3) is 3.49. The van der Waals surface area contributed by atoms with Crippen molar-refractivity contribution in [2.45, 2.75) is 31.8 Å². The molecule has 0 saturated carbocycles. The van der Waals surface area contributed by atoms with Crippen molar-refractivity contribution < 1.29 is 4.21 Å². The molecule has 1 aromatic rings. The fraction of sp³-hybridized carbons (Fsp3) is 0.500. The molecule has 1 rings (SSSR count). The zero-order valence-electron chi connectivity index (χ0n) is 9.87. The molecule has 0 amide bonds. The Bertz CT molecular complexity index is 393. The third-order valence-electron chi connectivity index (χ3n) is 2.72. The molecule has 4 heteroatoms. The Labute approximate surface area is 105 Å². The Kier molecular flexibility index (Phi) is 4.81. The summed E-state index contributed by atoms with van der Waals surface area (Å²) in [6, 6.07) is 5.30. The van der Waals surface area contributed by atoms with E-state index in [1.165, 1.54) is 0 Å². The lowest BCUT2D eigenvalue weighted by atomic mass is 10.2. The first-order chi connectivity index (χ1) is 7.41. The van der Waals surface area contributed by atoms with Crippen LogP contribution in [-0.2, 0) is 16.6 Å². The van der Waals surface area contributed by atoms with E-state index in [1.807, 2.05) is 6.92 Å². The molecule has 0 aliphatic carbocycles. The highest BCUT2D eigenvalue weighted by Gasteiger charge is 2.16. The monoisotopic (exact) mass is 259 g/mol. The summed E-state index contributed by atoms with van der Waals surface area (Å²) < 4.78 is 12.0. The zero-order valence-corrected chi connectivity index (χ0v) is 11.4. The van der Waals surface area contributed by atoms with E-state index in [0.717, 1.165) is 5.56 Å². The van der Waals surface area contributed by atoms with Gasteiger partial charge in [0, 0.05) is 26.8 Å². The van der Waals surface area contributed by atoms with Gasteiger partial charge >= 0.3 is 0 Å². The molecule has 0 heterocycles. The first-order valence-electron chi connectivity index (χ1n) is 5.33. The van der Waals surface area contributed by atoms with Crippen LogP contribution in [0.1, 0.15) is 26.3 Å². The van der Waals surface area contributed by atoms with Crippen LogP contribution in [-0.4, -0.2) is 9.46 Å². The van der Waals surface area contributed by atoms with Gasteiger partial charge in [-0.3, -0.25) is 4.21 Å². The summed E-state index contributed by atoms with van der Waals surface area (Å²) in [4.78, 5) is 0. The van der Waals surface area contributed by atoms with Gasteiger partial charge in [0.05, 0.1) is 5.75 Å². The van der Waals surface area contributed by atoms with E-state index in [-0.39, 0.29) is 5.25 Å². The van der Waals surface area contributed by atoms with Crippen LogP contribution in [0.25, 0.3) is 0 Å². The minimum atomic E-state index is -0.904. The second-order valence-electron chi connectivity index (χ2n) is 4.33. The Balaban J connectivity index is 2.80. The number of nitrogen functional groups attached to an aromatic ring is 1. The Morgan fingerprint density at radius 3 is 2.56 bits per heavy atom. The SMILES string of the molecule is CC(C)C(C)S(=O)Cc1cc(N)ccc1Cl. The maximum Gasteiger partial charge on any atom is 0.0503 e. The lowest BCUT2D eigenvalue weighted by Crippen LogP contribution is -2.19. The van der Waals surface area contributed by atoms with Crippen LogP contribution in [0, 0.1) is 5.92 Å². The molecule has 0 saturated heterocycles. The largest absolute Gasteiger partial charge is 0.399 e. The van der Waals surface area contributed by atoms with Gasteiger partial charge in [-0.25, -0.2) is 0 Å². The van der Waals surface area contributed by atoms with E-state index in [2.05, 4.69) is 13.8 Å². The maximum absolute atomic E-state index is 12.0. The predicted octanol–water partition coefficient (Wildman–Crippen LogP) is 3.22. The Hall–Kier alpha value is -0.540. The maximum atomic E-state index is 12.0. The van der Waals surface area contributed by atoms with Crippen molar-refractivity contribution in [2.75, 3.05) is 5.73 Å². The Morgan fingerprint density at radius 2 is 2.00 bits per heavy atom. The molecule has 0 bridgehead atoms. The van der Waals surface area contributed by atoms with Crippen LogP contribution in [0.15, 0.2) is 18.2 Å². The topological polar surface area (TPSA) is 43.1 Å². The van der Waals surface area contributed by atoms with Gasteiger partial charge in [0.1, 0.15) is 0 Å². The average Bonchev–Trinajstić information content (AvgIpc) is 2.22. The van der Waals surface area contributed by atoms with E-state index in [1.54, 1.807) is 18.2 Å². The van der Waals surface area contributed by atoms with Gasteiger partial charge in [-0.15, -0.1) is 0 Å². The highest BCUT2D eigenvalue weighted by molar-refractivity contribution is 7.84. The summed E-state index contributed by atoms with van der Waals surface area (Å²) in [6.45, 7) is 6.15. The van der Waals surface area contributed by atoms with Crippen LogP contribution in [0.5, 0.6) is 0 Å². The van der Waals surface area contributed by atoms with Crippen LogP contribution in [0.4, 0.5) is 5.69 Å². The molecule has 2 nitrogen and oxygen atoms in total. The lowest BCUT2D eigenvalue weighted by molar-refractivity contribution is 0.605. The molecule has 0 aromatic heterocycles. The quantitative estimate of drug-likeness (QED) is 0.844. The number of benzene rings is 1. The van der Waals surface area contributed by atoms with Crippen molar-refractivity contribution >= 4 is 28.1 Å². The molecule has 0 fully saturated rings. The second-order valence-corrected chi connectivity index (χ2v) is 6.53. The smallest absolute Gasteiger partial charge is 0.0503 e. The molecule has 0 aliphatic heterocycles. The van der Waals surface area contributed by atoms with Crippen molar-refractivity contribution in [3.8, 4) is 0 Å². The van der Waals surface area contributed by atoms with Crippen LogP contribution < -0.4 is 5.73 Å². The first kappa shape index (κ1) is 13.5. The van der Waals surface area contributed by atoms with Crippen LogP contribution in [0.3, 0.4) is 0 Å². The molecule has 2 atom stereocenters. The van der Waals surface area contributed by atoms with E-state index in [0.29, 0.717) is 22.4 Å². The highest BCUT2D eigenvalue weighted by Crippen LogP contribution is 2.22. The molecule has 2 unspecified atom stereocenters.